The van der Waals surface area contributed by atoms with E-state index in [9.17, 15) is 4.79 Å². The second-order valence-electron chi connectivity index (χ2n) is 4.06. The van der Waals surface area contributed by atoms with Crippen molar-refractivity contribution in [1.29, 1.82) is 0 Å². The Bertz CT molecular complexity index is 750. The van der Waals surface area contributed by atoms with E-state index in [4.69, 9.17) is 9.47 Å². The van der Waals surface area contributed by atoms with E-state index in [2.05, 4.69) is 15.2 Å². The molecule has 3 rings (SSSR count). The Hall–Kier alpha value is -2.89. The fraction of sp³-hybridized carbons (Fsp3) is 0.0714. The first-order chi connectivity index (χ1) is 9.78. The van der Waals surface area contributed by atoms with Crippen LogP contribution in [0.25, 0.3) is 11.0 Å². The van der Waals surface area contributed by atoms with E-state index >= 15 is 0 Å². The molecule has 0 atom stereocenters. The van der Waals surface area contributed by atoms with E-state index in [0.29, 0.717) is 28.1 Å². The quantitative estimate of drug-likeness (QED) is 0.582. The number of aromatic amines is 1. The molecule has 0 aliphatic heterocycles. The summed E-state index contributed by atoms with van der Waals surface area (Å²) in [6.07, 6.45) is 3.08. The Morgan fingerprint density at radius 2 is 1.90 bits per heavy atom. The zero-order valence-corrected chi connectivity index (χ0v) is 10.7. The van der Waals surface area contributed by atoms with Gasteiger partial charge in [-0.05, 0) is 30.3 Å². The molecule has 0 saturated heterocycles. The number of nitrogens with zero attached hydrogens (tertiary/aromatic N) is 2. The Balaban J connectivity index is 1.87. The number of nitrogens with one attached hydrogen (secondary N) is 1. The lowest BCUT2D eigenvalue weighted by atomic mass is 10.2. The Kier molecular flexibility index (Phi) is 3.04. The standard InChI is InChI=1S/C14H11N3O3/c1-19-9-2-4-10(5-3-9)20-14(18)11-6-7-15-13-12(11)8-16-17-13/h2-8H,1H3,(H,15,16,17). The van der Waals surface area contributed by atoms with Crippen molar-refractivity contribution in [2.45, 2.75) is 0 Å². The number of H-pyrrole nitrogens is 1. The maximum atomic E-state index is 12.2. The molecule has 0 amide bonds. The summed E-state index contributed by atoms with van der Waals surface area (Å²) in [5.74, 6) is 0.694. The van der Waals surface area contributed by atoms with Gasteiger partial charge in [0.05, 0.1) is 24.3 Å². The molecule has 2 heterocycles. The highest BCUT2D eigenvalue weighted by Gasteiger charge is 2.14. The highest BCUT2D eigenvalue weighted by atomic mass is 16.5. The highest BCUT2D eigenvalue weighted by Crippen LogP contribution is 2.20. The fourth-order valence-electron chi connectivity index (χ4n) is 1.83. The molecule has 1 N–H and O–H groups in total. The van der Waals surface area contributed by atoms with Gasteiger partial charge in [-0.1, -0.05) is 0 Å². The third kappa shape index (κ3) is 2.18. The van der Waals surface area contributed by atoms with Crippen molar-refractivity contribution in [2.75, 3.05) is 7.11 Å². The maximum Gasteiger partial charge on any atom is 0.344 e. The highest BCUT2D eigenvalue weighted by molar-refractivity contribution is 6.03. The summed E-state index contributed by atoms with van der Waals surface area (Å²) in [5.41, 5.74) is 0.966. The number of hydrogen-bond donors (Lipinski definition) is 1. The molecule has 6 nitrogen and oxygen atoms in total. The average Bonchev–Trinajstić information content (AvgIpc) is 2.96. The van der Waals surface area contributed by atoms with Gasteiger partial charge in [0.1, 0.15) is 11.5 Å². The number of ether oxygens (including phenoxy) is 2. The first kappa shape index (κ1) is 12.2. The smallest absolute Gasteiger partial charge is 0.344 e. The van der Waals surface area contributed by atoms with E-state index in [0.717, 1.165) is 0 Å². The number of rotatable bonds is 3. The minimum absolute atomic E-state index is 0.416. The second-order valence-corrected chi connectivity index (χ2v) is 4.06. The van der Waals surface area contributed by atoms with Crippen molar-refractivity contribution in [3.8, 4) is 11.5 Å². The minimum atomic E-state index is -0.455. The van der Waals surface area contributed by atoms with Gasteiger partial charge in [0.25, 0.3) is 0 Å². The zero-order valence-electron chi connectivity index (χ0n) is 10.7. The van der Waals surface area contributed by atoms with E-state index in [1.165, 1.54) is 6.20 Å². The van der Waals surface area contributed by atoms with Crippen LogP contribution in [-0.4, -0.2) is 28.3 Å². The zero-order chi connectivity index (χ0) is 13.9. The number of carbonyl (C=O) groups excluding carboxylic acids is 1. The number of benzene rings is 1. The predicted octanol–water partition coefficient (Wildman–Crippen LogP) is 2.19. The third-order valence-electron chi connectivity index (χ3n) is 2.84. The molecule has 0 spiro atoms. The van der Waals surface area contributed by atoms with Gasteiger partial charge in [-0.2, -0.15) is 5.10 Å². The van der Waals surface area contributed by atoms with Gasteiger partial charge >= 0.3 is 5.97 Å². The van der Waals surface area contributed by atoms with Gasteiger partial charge in [0, 0.05) is 6.20 Å². The Morgan fingerprint density at radius 3 is 2.65 bits per heavy atom. The van der Waals surface area contributed by atoms with Crippen molar-refractivity contribution in [2.24, 2.45) is 0 Å². The Labute approximate surface area is 114 Å². The van der Waals surface area contributed by atoms with Crippen LogP contribution in [0, 0.1) is 0 Å². The van der Waals surface area contributed by atoms with Crippen molar-refractivity contribution in [3.63, 3.8) is 0 Å². The lowest BCUT2D eigenvalue weighted by Gasteiger charge is -2.05. The number of fused-ring (bicyclic) bond motifs is 1. The van der Waals surface area contributed by atoms with E-state index < -0.39 is 5.97 Å². The van der Waals surface area contributed by atoms with Crippen LogP contribution in [-0.2, 0) is 0 Å². The summed E-state index contributed by atoms with van der Waals surface area (Å²) in [6.45, 7) is 0. The third-order valence-corrected chi connectivity index (χ3v) is 2.84. The van der Waals surface area contributed by atoms with Crippen molar-refractivity contribution >= 4 is 17.0 Å². The van der Waals surface area contributed by atoms with Crippen molar-refractivity contribution in [3.05, 3.63) is 48.3 Å². The largest absolute Gasteiger partial charge is 0.497 e. The Morgan fingerprint density at radius 1 is 1.15 bits per heavy atom. The molecule has 0 unspecified atom stereocenters. The van der Waals surface area contributed by atoms with Crippen molar-refractivity contribution < 1.29 is 14.3 Å². The molecule has 0 saturated carbocycles. The fourth-order valence-corrected chi connectivity index (χ4v) is 1.83. The first-order valence-electron chi connectivity index (χ1n) is 5.92. The van der Waals surface area contributed by atoms with Gasteiger partial charge in [-0.15, -0.1) is 0 Å². The molecule has 1 aromatic carbocycles. The summed E-state index contributed by atoms with van der Waals surface area (Å²) in [4.78, 5) is 16.2. The lowest BCUT2D eigenvalue weighted by molar-refractivity contribution is 0.0736. The molecule has 20 heavy (non-hydrogen) atoms. The van der Waals surface area contributed by atoms with Gasteiger partial charge in [0.15, 0.2) is 5.65 Å². The molecular weight excluding hydrogens is 258 g/mol. The summed E-state index contributed by atoms with van der Waals surface area (Å²) in [6, 6.07) is 8.39. The van der Waals surface area contributed by atoms with Crippen LogP contribution in [0.1, 0.15) is 10.4 Å². The van der Waals surface area contributed by atoms with Crippen LogP contribution in [0.15, 0.2) is 42.7 Å². The van der Waals surface area contributed by atoms with E-state index in [1.807, 2.05) is 0 Å². The molecule has 6 heteroatoms. The monoisotopic (exact) mass is 269 g/mol. The van der Waals surface area contributed by atoms with Crippen LogP contribution in [0.5, 0.6) is 11.5 Å². The summed E-state index contributed by atoms with van der Waals surface area (Å²) in [5, 5.41) is 7.20. The first-order valence-corrected chi connectivity index (χ1v) is 5.92. The SMILES string of the molecule is COc1ccc(OC(=O)c2ccnc3[nH]ncc23)cc1. The molecule has 0 fully saturated rings. The van der Waals surface area contributed by atoms with Gasteiger partial charge in [-0.3, -0.25) is 5.10 Å². The summed E-state index contributed by atoms with van der Waals surface area (Å²) < 4.78 is 10.4. The molecule has 0 aliphatic carbocycles. The summed E-state index contributed by atoms with van der Waals surface area (Å²) >= 11 is 0. The van der Waals surface area contributed by atoms with Crippen LogP contribution >= 0.6 is 0 Å². The summed E-state index contributed by atoms with van der Waals surface area (Å²) in [7, 11) is 1.58. The number of esters is 1. The normalized spacial score (nSPS) is 10.4. The topological polar surface area (TPSA) is 77.1 Å². The van der Waals surface area contributed by atoms with E-state index in [-0.39, 0.29) is 0 Å². The molecule has 0 radical (unpaired) electrons. The molecular formula is C14H11N3O3. The number of carbonyl (C=O) groups is 1. The van der Waals surface area contributed by atoms with Crippen LogP contribution in [0.3, 0.4) is 0 Å². The number of aromatic nitrogens is 3. The van der Waals surface area contributed by atoms with Gasteiger partial charge < -0.3 is 9.47 Å². The predicted molar refractivity (Wildman–Crippen MR) is 71.8 cm³/mol. The lowest BCUT2D eigenvalue weighted by Crippen LogP contribution is -2.09. The molecule has 100 valence electrons. The van der Waals surface area contributed by atoms with Gasteiger partial charge in [-0.25, -0.2) is 9.78 Å². The molecule has 2 aromatic heterocycles. The van der Waals surface area contributed by atoms with Crippen LogP contribution in [0.2, 0.25) is 0 Å². The van der Waals surface area contributed by atoms with Crippen molar-refractivity contribution in [1.82, 2.24) is 15.2 Å². The van der Waals surface area contributed by atoms with E-state index in [1.54, 1.807) is 43.6 Å². The minimum Gasteiger partial charge on any atom is -0.497 e. The molecule has 0 bridgehead atoms. The van der Waals surface area contributed by atoms with Gasteiger partial charge in [0.2, 0.25) is 0 Å². The second kappa shape index (κ2) is 5.00. The number of hydrogen-bond acceptors (Lipinski definition) is 5. The number of pyridine rings is 1. The van der Waals surface area contributed by atoms with Crippen LogP contribution < -0.4 is 9.47 Å². The average molecular weight is 269 g/mol. The molecule has 0 aliphatic rings. The maximum absolute atomic E-state index is 12.2. The molecule has 3 aromatic rings. The van der Waals surface area contributed by atoms with Crippen LogP contribution in [0.4, 0.5) is 0 Å². The number of methoxy groups -OCH3 is 1.